The molecule has 4 nitrogen and oxygen atoms in total. The molecular formula is C19H14FN3O. The highest BCUT2D eigenvalue weighted by molar-refractivity contribution is 5.86. The minimum absolute atomic E-state index is 0.172. The van der Waals surface area contributed by atoms with Crippen LogP contribution in [0.5, 0.6) is 11.5 Å². The molecule has 2 N–H and O–H groups in total. The second-order valence-corrected chi connectivity index (χ2v) is 5.38. The number of ether oxygens (including phenoxy) is 1. The highest BCUT2D eigenvalue weighted by atomic mass is 19.1. The van der Waals surface area contributed by atoms with Gasteiger partial charge in [0, 0.05) is 23.5 Å². The molecule has 2 aromatic carbocycles. The van der Waals surface area contributed by atoms with Crippen LogP contribution >= 0.6 is 0 Å². The van der Waals surface area contributed by atoms with E-state index >= 15 is 0 Å². The molecule has 0 fully saturated rings. The zero-order valence-electron chi connectivity index (χ0n) is 12.7. The van der Waals surface area contributed by atoms with E-state index in [1.165, 1.54) is 6.07 Å². The van der Waals surface area contributed by atoms with E-state index < -0.39 is 5.82 Å². The molecule has 4 aromatic rings. The predicted molar refractivity (Wildman–Crippen MR) is 91.5 cm³/mol. The Morgan fingerprint density at radius 2 is 1.83 bits per heavy atom. The number of rotatable bonds is 3. The van der Waals surface area contributed by atoms with E-state index in [2.05, 4.69) is 5.10 Å². The van der Waals surface area contributed by atoms with Gasteiger partial charge in [-0.25, -0.2) is 8.91 Å². The minimum Gasteiger partial charge on any atom is -0.452 e. The zero-order valence-corrected chi connectivity index (χ0v) is 12.7. The average Bonchev–Trinajstić information content (AvgIpc) is 3.02. The number of para-hydroxylation sites is 1. The lowest BCUT2D eigenvalue weighted by molar-refractivity contribution is 0.444. The molecule has 0 saturated heterocycles. The molecule has 2 aromatic heterocycles. The molecule has 0 aliphatic carbocycles. The first-order valence-electron chi connectivity index (χ1n) is 7.47. The van der Waals surface area contributed by atoms with Gasteiger partial charge in [0.2, 0.25) is 0 Å². The predicted octanol–water partition coefficient (Wildman–Crippen LogP) is 4.51. The number of fused-ring (bicyclic) bond motifs is 1. The van der Waals surface area contributed by atoms with Crippen LogP contribution in [0.1, 0.15) is 0 Å². The monoisotopic (exact) mass is 319 g/mol. The normalized spacial score (nSPS) is 10.9. The number of hydrogen-bond donors (Lipinski definition) is 1. The number of halogens is 1. The van der Waals surface area contributed by atoms with Gasteiger partial charge in [-0.05, 0) is 35.9 Å². The fourth-order valence-corrected chi connectivity index (χ4v) is 2.68. The Morgan fingerprint density at radius 1 is 0.958 bits per heavy atom. The van der Waals surface area contributed by atoms with Crippen LogP contribution in [-0.2, 0) is 0 Å². The lowest BCUT2D eigenvalue weighted by Crippen LogP contribution is -1.95. The minimum atomic E-state index is -0.412. The van der Waals surface area contributed by atoms with Gasteiger partial charge in [-0.1, -0.05) is 24.3 Å². The van der Waals surface area contributed by atoms with Crippen LogP contribution in [0.25, 0.3) is 16.6 Å². The molecule has 4 rings (SSSR count). The maximum absolute atomic E-state index is 13.9. The standard InChI is InChI=1S/C19H14FN3O/c20-16-6-1-2-7-17(16)24-18-8-10-22-23-11-9-15(19(18)23)13-4-3-5-14(21)12-13/h1-12H,21H2. The Kier molecular flexibility index (Phi) is 3.39. The maximum Gasteiger partial charge on any atom is 0.165 e. The SMILES string of the molecule is Nc1cccc(-c2ccn3nccc(Oc4ccccc4F)c23)c1. The second-order valence-electron chi connectivity index (χ2n) is 5.38. The first-order chi connectivity index (χ1) is 11.7. The summed E-state index contributed by atoms with van der Waals surface area (Å²) in [5.41, 5.74) is 9.18. The van der Waals surface area contributed by atoms with Gasteiger partial charge in [-0.2, -0.15) is 5.10 Å². The fraction of sp³-hybridized carbons (Fsp3) is 0. The molecule has 0 aliphatic heterocycles. The van der Waals surface area contributed by atoms with E-state index in [0.717, 1.165) is 16.6 Å². The number of hydrogen-bond acceptors (Lipinski definition) is 3. The molecule has 0 spiro atoms. The van der Waals surface area contributed by atoms with Crippen molar-refractivity contribution in [2.75, 3.05) is 5.73 Å². The Bertz CT molecular complexity index is 1030. The summed E-state index contributed by atoms with van der Waals surface area (Å²) in [7, 11) is 0. The first-order valence-corrected chi connectivity index (χ1v) is 7.47. The van der Waals surface area contributed by atoms with Gasteiger partial charge in [0.05, 0.1) is 6.20 Å². The van der Waals surface area contributed by atoms with Gasteiger partial charge in [-0.15, -0.1) is 0 Å². The summed E-state index contributed by atoms with van der Waals surface area (Å²) in [5, 5.41) is 4.29. The van der Waals surface area contributed by atoms with E-state index in [1.807, 2.05) is 36.5 Å². The summed E-state index contributed by atoms with van der Waals surface area (Å²) in [6.07, 6.45) is 3.45. The molecule has 24 heavy (non-hydrogen) atoms. The Hall–Kier alpha value is -3.34. The van der Waals surface area contributed by atoms with E-state index in [-0.39, 0.29) is 5.75 Å². The molecular weight excluding hydrogens is 305 g/mol. The van der Waals surface area contributed by atoms with Gasteiger partial charge in [-0.3, -0.25) is 0 Å². The van der Waals surface area contributed by atoms with E-state index in [1.54, 1.807) is 35.0 Å². The zero-order chi connectivity index (χ0) is 16.5. The van der Waals surface area contributed by atoms with Gasteiger partial charge in [0.1, 0.15) is 5.52 Å². The molecule has 0 saturated carbocycles. The molecule has 0 amide bonds. The Morgan fingerprint density at radius 3 is 2.67 bits per heavy atom. The largest absolute Gasteiger partial charge is 0.452 e. The summed E-state index contributed by atoms with van der Waals surface area (Å²) in [5.74, 6) is 0.285. The number of nitrogens with two attached hydrogens (primary N) is 1. The van der Waals surface area contributed by atoms with Gasteiger partial charge in [0.25, 0.3) is 0 Å². The van der Waals surface area contributed by atoms with Crippen LogP contribution in [-0.4, -0.2) is 9.61 Å². The maximum atomic E-state index is 13.9. The number of aromatic nitrogens is 2. The van der Waals surface area contributed by atoms with E-state index in [4.69, 9.17) is 10.5 Å². The van der Waals surface area contributed by atoms with E-state index in [9.17, 15) is 4.39 Å². The second kappa shape index (κ2) is 5.70. The lowest BCUT2D eigenvalue weighted by Gasteiger charge is -2.10. The third kappa shape index (κ3) is 2.46. The molecule has 0 bridgehead atoms. The number of anilines is 1. The summed E-state index contributed by atoms with van der Waals surface area (Å²) >= 11 is 0. The van der Waals surface area contributed by atoms with Crippen molar-refractivity contribution in [2.24, 2.45) is 0 Å². The third-order valence-corrected chi connectivity index (χ3v) is 3.77. The fourth-order valence-electron chi connectivity index (χ4n) is 2.68. The first kappa shape index (κ1) is 14.3. The van der Waals surface area contributed by atoms with Crippen LogP contribution in [0.2, 0.25) is 0 Å². The highest BCUT2D eigenvalue weighted by Gasteiger charge is 2.13. The van der Waals surface area contributed by atoms with Gasteiger partial charge >= 0.3 is 0 Å². The summed E-state index contributed by atoms with van der Waals surface area (Å²) in [6, 6.07) is 17.5. The quantitative estimate of drug-likeness (QED) is 0.565. The van der Waals surface area contributed by atoms with Gasteiger partial charge < -0.3 is 10.5 Å². The molecule has 0 aliphatic rings. The van der Waals surface area contributed by atoms with E-state index in [0.29, 0.717) is 11.4 Å². The molecule has 0 atom stereocenters. The van der Waals surface area contributed by atoms with Crippen molar-refractivity contribution < 1.29 is 9.13 Å². The summed E-state index contributed by atoms with van der Waals surface area (Å²) in [4.78, 5) is 0. The molecule has 5 heteroatoms. The number of benzene rings is 2. The van der Waals surface area contributed by atoms with Crippen molar-refractivity contribution >= 4 is 11.2 Å². The van der Waals surface area contributed by atoms with Crippen LogP contribution < -0.4 is 10.5 Å². The summed E-state index contributed by atoms with van der Waals surface area (Å²) < 4.78 is 21.4. The molecule has 118 valence electrons. The Balaban J connectivity index is 1.88. The van der Waals surface area contributed by atoms with Crippen LogP contribution in [0.15, 0.2) is 73.1 Å². The molecule has 2 heterocycles. The number of nitrogens with zero attached hydrogens (tertiary/aromatic N) is 2. The van der Waals surface area contributed by atoms with Crippen molar-refractivity contribution in [3.05, 3.63) is 78.9 Å². The van der Waals surface area contributed by atoms with Gasteiger partial charge in [0.15, 0.2) is 17.3 Å². The third-order valence-electron chi connectivity index (χ3n) is 3.77. The highest BCUT2D eigenvalue weighted by Crippen LogP contribution is 2.35. The van der Waals surface area contributed by atoms with Crippen molar-refractivity contribution in [3.8, 4) is 22.6 Å². The van der Waals surface area contributed by atoms with Crippen LogP contribution in [0, 0.1) is 5.82 Å². The topological polar surface area (TPSA) is 52.5 Å². The van der Waals surface area contributed by atoms with Crippen molar-refractivity contribution in [1.82, 2.24) is 9.61 Å². The van der Waals surface area contributed by atoms with Crippen molar-refractivity contribution in [1.29, 1.82) is 0 Å². The molecule has 0 unspecified atom stereocenters. The van der Waals surface area contributed by atoms with Crippen LogP contribution in [0.4, 0.5) is 10.1 Å². The Labute approximate surface area is 137 Å². The van der Waals surface area contributed by atoms with Crippen molar-refractivity contribution in [2.45, 2.75) is 0 Å². The lowest BCUT2D eigenvalue weighted by atomic mass is 10.1. The molecule has 0 radical (unpaired) electrons. The van der Waals surface area contributed by atoms with Crippen molar-refractivity contribution in [3.63, 3.8) is 0 Å². The number of nitrogen functional groups attached to an aromatic ring is 1. The average molecular weight is 319 g/mol. The van der Waals surface area contributed by atoms with Crippen LogP contribution in [0.3, 0.4) is 0 Å². The smallest absolute Gasteiger partial charge is 0.165 e. The summed E-state index contributed by atoms with van der Waals surface area (Å²) in [6.45, 7) is 0.